The van der Waals surface area contributed by atoms with E-state index in [1.54, 1.807) is 18.1 Å². The molecular weight excluding hydrogens is 362 g/mol. The minimum Gasteiger partial charge on any atom is -0.326 e. The lowest BCUT2D eigenvalue weighted by molar-refractivity contribution is -0.115. The number of carbonyl (C=O) groups is 1. The highest BCUT2D eigenvalue weighted by Gasteiger charge is 2.23. The molecule has 26 heavy (non-hydrogen) atoms. The zero-order valence-electron chi connectivity index (χ0n) is 14.7. The monoisotopic (exact) mass is 383 g/mol. The van der Waals surface area contributed by atoms with Gasteiger partial charge in [-0.2, -0.15) is 0 Å². The number of aromatic nitrogens is 2. The summed E-state index contributed by atoms with van der Waals surface area (Å²) in [5.41, 5.74) is 2.29. The second-order valence-corrected chi connectivity index (χ2v) is 8.89. The molecule has 0 bridgehead atoms. The molecule has 0 fully saturated rings. The number of hydrogen-bond acceptors (Lipinski definition) is 5. The normalized spacial score (nSPS) is 16.4. The summed E-state index contributed by atoms with van der Waals surface area (Å²) < 4.78 is 0. The molecule has 2 heterocycles. The number of nitrogens with one attached hydrogen (secondary N) is 1. The Balaban J connectivity index is 1.44. The SMILES string of the molecule is CC1CCc2c(sc3ncnc(SCCC(=O)Nc4ccccc4)c23)C1. The van der Waals surface area contributed by atoms with Crippen LogP contribution >= 0.6 is 23.1 Å². The molecule has 0 saturated carbocycles. The second-order valence-electron chi connectivity index (χ2n) is 6.72. The summed E-state index contributed by atoms with van der Waals surface area (Å²) in [6.07, 6.45) is 5.62. The van der Waals surface area contributed by atoms with Gasteiger partial charge in [-0.15, -0.1) is 23.1 Å². The Hall–Kier alpha value is -1.92. The maximum absolute atomic E-state index is 12.1. The molecule has 4 rings (SSSR count). The lowest BCUT2D eigenvalue weighted by atomic mass is 9.89. The number of aryl methyl sites for hydroxylation is 1. The smallest absolute Gasteiger partial charge is 0.225 e. The van der Waals surface area contributed by atoms with E-state index in [-0.39, 0.29) is 5.91 Å². The first-order valence-corrected chi connectivity index (χ1v) is 10.7. The Morgan fingerprint density at radius 2 is 2.15 bits per heavy atom. The lowest BCUT2D eigenvalue weighted by Gasteiger charge is -2.18. The minimum atomic E-state index is 0.0372. The van der Waals surface area contributed by atoms with Crippen molar-refractivity contribution in [1.82, 2.24) is 9.97 Å². The van der Waals surface area contributed by atoms with E-state index in [2.05, 4.69) is 22.2 Å². The van der Waals surface area contributed by atoms with E-state index in [0.29, 0.717) is 12.2 Å². The number of hydrogen-bond donors (Lipinski definition) is 1. The van der Waals surface area contributed by atoms with Crippen LogP contribution in [0.1, 0.15) is 30.2 Å². The first kappa shape index (κ1) is 17.5. The van der Waals surface area contributed by atoms with Gasteiger partial charge < -0.3 is 5.32 Å². The van der Waals surface area contributed by atoms with E-state index in [1.165, 1.54) is 22.2 Å². The van der Waals surface area contributed by atoms with Crippen LogP contribution in [0.4, 0.5) is 5.69 Å². The summed E-state index contributed by atoms with van der Waals surface area (Å²) in [7, 11) is 0. The summed E-state index contributed by atoms with van der Waals surface area (Å²) in [5.74, 6) is 1.50. The molecule has 0 radical (unpaired) electrons. The topological polar surface area (TPSA) is 54.9 Å². The van der Waals surface area contributed by atoms with Crippen LogP contribution in [0.25, 0.3) is 10.2 Å². The summed E-state index contributed by atoms with van der Waals surface area (Å²) in [4.78, 5) is 23.7. The highest BCUT2D eigenvalue weighted by Crippen LogP contribution is 2.40. The first-order chi connectivity index (χ1) is 12.7. The molecule has 1 amide bonds. The summed E-state index contributed by atoms with van der Waals surface area (Å²) >= 11 is 3.48. The molecule has 1 unspecified atom stereocenters. The van der Waals surface area contributed by atoms with Crippen molar-refractivity contribution in [2.24, 2.45) is 5.92 Å². The number of fused-ring (bicyclic) bond motifs is 3. The molecule has 1 aliphatic rings. The van der Waals surface area contributed by atoms with Crippen molar-refractivity contribution in [1.29, 1.82) is 0 Å². The Kier molecular flexibility index (Phi) is 5.22. The Bertz CT molecular complexity index is 923. The van der Waals surface area contributed by atoms with Crippen LogP contribution in [-0.4, -0.2) is 21.6 Å². The number of para-hydroxylation sites is 1. The third kappa shape index (κ3) is 3.76. The molecule has 0 aliphatic heterocycles. The fourth-order valence-electron chi connectivity index (χ4n) is 3.34. The van der Waals surface area contributed by atoms with Crippen molar-refractivity contribution in [2.45, 2.75) is 37.6 Å². The number of thioether (sulfide) groups is 1. The molecule has 6 heteroatoms. The molecule has 4 nitrogen and oxygen atoms in total. The van der Waals surface area contributed by atoms with Crippen LogP contribution in [-0.2, 0) is 17.6 Å². The lowest BCUT2D eigenvalue weighted by Crippen LogP contribution is -2.12. The summed E-state index contributed by atoms with van der Waals surface area (Å²) in [6, 6.07) is 9.58. The number of anilines is 1. The van der Waals surface area contributed by atoms with Gasteiger partial charge in [0.05, 0.1) is 0 Å². The molecule has 0 saturated heterocycles. The minimum absolute atomic E-state index is 0.0372. The van der Waals surface area contributed by atoms with E-state index in [4.69, 9.17) is 0 Å². The zero-order valence-corrected chi connectivity index (χ0v) is 16.3. The molecule has 134 valence electrons. The van der Waals surface area contributed by atoms with Crippen LogP contribution in [0.15, 0.2) is 41.7 Å². The number of rotatable bonds is 5. The van der Waals surface area contributed by atoms with Gasteiger partial charge >= 0.3 is 0 Å². The molecule has 1 atom stereocenters. The van der Waals surface area contributed by atoms with E-state index in [1.807, 2.05) is 41.7 Å². The number of benzene rings is 1. The van der Waals surface area contributed by atoms with E-state index in [9.17, 15) is 4.79 Å². The Morgan fingerprint density at radius 1 is 1.31 bits per heavy atom. The van der Waals surface area contributed by atoms with Crippen molar-refractivity contribution in [2.75, 3.05) is 11.1 Å². The first-order valence-electron chi connectivity index (χ1n) is 8.93. The molecule has 2 aromatic heterocycles. The molecular formula is C20H21N3OS2. The predicted octanol–water partition coefficient (Wildman–Crippen LogP) is 4.94. The van der Waals surface area contributed by atoms with Crippen LogP contribution < -0.4 is 5.32 Å². The number of thiophene rings is 1. The highest BCUT2D eigenvalue weighted by molar-refractivity contribution is 7.99. The van der Waals surface area contributed by atoms with Gasteiger partial charge in [-0.05, 0) is 42.9 Å². The predicted molar refractivity (Wildman–Crippen MR) is 109 cm³/mol. The fraction of sp³-hybridized carbons (Fsp3) is 0.350. The van der Waals surface area contributed by atoms with Crippen molar-refractivity contribution in [3.8, 4) is 0 Å². The van der Waals surface area contributed by atoms with Gasteiger partial charge in [0, 0.05) is 28.1 Å². The van der Waals surface area contributed by atoms with Crippen LogP contribution in [0.5, 0.6) is 0 Å². The average molecular weight is 384 g/mol. The van der Waals surface area contributed by atoms with Gasteiger partial charge in [0.25, 0.3) is 0 Å². The third-order valence-corrected chi connectivity index (χ3v) is 6.84. The highest BCUT2D eigenvalue weighted by atomic mass is 32.2. The van der Waals surface area contributed by atoms with Gasteiger partial charge in [-0.3, -0.25) is 4.79 Å². The largest absolute Gasteiger partial charge is 0.326 e. The number of carbonyl (C=O) groups excluding carboxylic acids is 1. The van der Waals surface area contributed by atoms with Crippen LogP contribution in [0.2, 0.25) is 0 Å². The van der Waals surface area contributed by atoms with E-state index in [0.717, 1.165) is 34.3 Å². The molecule has 3 aromatic rings. The Labute approximate surface area is 161 Å². The van der Waals surface area contributed by atoms with Crippen LogP contribution in [0, 0.1) is 5.92 Å². The number of amides is 1. The molecule has 1 aliphatic carbocycles. The summed E-state index contributed by atoms with van der Waals surface area (Å²) in [5, 5.41) is 5.18. The van der Waals surface area contributed by atoms with Crippen molar-refractivity contribution in [3.05, 3.63) is 47.1 Å². The fourth-order valence-corrected chi connectivity index (χ4v) is 5.72. The molecule has 1 N–H and O–H groups in total. The average Bonchev–Trinajstić information content (AvgIpc) is 3.00. The molecule has 0 spiro atoms. The van der Waals surface area contributed by atoms with Crippen LogP contribution in [0.3, 0.4) is 0 Å². The van der Waals surface area contributed by atoms with Gasteiger partial charge in [0.1, 0.15) is 16.2 Å². The van der Waals surface area contributed by atoms with Crippen molar-refractivity contribution >= 4 is 44.9 Å². The second kappa shape index (κ2) is 7.76. The van der Waals surface area contributed by atoms with Gasteiger partial charge in [0.15, 0.2) is 0 Å². The van der Waals surface area contributed by atoms with Crippen molar-refractivity contribution in [3.63, 3.8) is 0 Å². The van der Waals surface area contributed by atoms with E-state index >= 15 is 0 Å². The van der Waals surface area contributed by atoms with Gasteiger partial charge in [-0.25, -0.2) is 9.97 Å². The van der Waals surface area contributed by atoms with Crippen molar-refractivity contribution < 1.29 is 4.79 Å². The van der Waals surface area contributed by atoms with Gasteiger partial charge in [-0.1, -0.05) is 25.1 Å². The number of nitrogens with zero attached hydrogens (tertiary/aromatic N) is 2. The standard InChI is InChI=1S/C20H21N3OS2/c1-13-7-8-15-16(11-13)26-20-18(15)19(21-12-22-20)25-10-9-17(24)23-14-5-3-2-4-6-14/h2-6,12-13H,7-11H2,1H3,(H,23,24). The van der Waals surface area contributed by atoms with Gasteiger partial charge in [0.2, 0.25) is 5.91 Å². The van der Waals surface area contributed by atoms with E-state index < -0.39 is 0 Å². The zero-order chi connectivity index (χ0) is 17.9. The maximum Gasteiger partial charge on any atom is 0.225 e. The molecule has 1 aromatic carbocycles. The third-order valence-electron chi connectivity index (χ3n) is 4.68. The maximum atomic E-state index is 12.1. The quantitative estimate of drug-likeness (QED) is 0.501. The summed E-state index contributed by atoms with van der Waals surface area (Å²) in [6.45, 7) is 2.32. The Morgan fingerprint density at radius 3 is 3.00 bits per heavy atom.